The third-order valence-corrected chi connectivity index (χ3v) is 11.3. The Kier molecular flexibility index (Phi) is 26.6. The molecule has 27 heteroatoms. The second kappa shape index (κ2) is 31.9. The highest BCUT2D eigenvalue weighted by atomic mass is 16.4. The van der Waals surface area contributed by atoms with Crippen LogP contribution in [0.3, 0.4) is 0 Å². The third kappa shape index (κ3) is 23.7. The fourth-order valence-corrected chi connectivity index (χ4v) is 6.96. The molecule has 0 saturated carbocycles. The van der Waals surface area contributed by atoms with E-state index in [1.165, 1.54) is 24.3 Å². The van der Waals surface area contributed by atoms with Crippen molar-refractivity contribution in [3.05, 3.63) is 65.7 Å². The minimum Gasteiger partial charge on any atom is -0.508 e. The topological polar surface area (TPSA) is 464 Å². The molecule has 2 rings (SSSR count). The Labute approximate surface area is 425 Å². The summed E-state index contributed by atoms with van der Waals surface area (Å²) in [5, 5.41) is 64.4. The Morgan fingerprint density at radius 1 is 0.554 bits per heavy atom. The molecule has 8 atom stereocenters. The molecule has 0 spiro atoms. The van der Waals surface area contributed by atoms with Gasteiger partial charge in [0.2, 0.25) is 41.4 Å². The molecule has 0 heterocycles. The molecule has 0 aliphatic carbocycles. The molecule has 0 fully saturated rings. The summed E-state index contributed by atoms with van der Waals surface area (Å²) in [5.41, 5.74) is 17.4. The van der Waals surface area contributed by atoms with Crippen molar-refractivity contribution in [3.8, 4) is 5.75 Å². The standard InChI is InChI=1S/C47H67N11O16/c1-3-25(2)39(58-43(70)31(17-20-38(65)66)54-40(67)29(48)15-18-36(61)62)45(72)57-33(23-27-11-13-28(59)14-12-27)41(68)52-24-35(60)53-30(16-19-37(63)64)42(69)56-34(22-26-8-5-4-6-9-26)44(71)55-32(46(73)74)10-7-21-51-47(49)50/h4-6,8-9,11-14,25,29-34,39,59H,3,7,10,15-24,48H2,1-2H3,(H,52,68)(H,53,60)(H,54,67)(H,55,71)(H,56,69)(H,57,72)(H,58,70)(H,61,62)(H,63,64)(H,65,66)(H,73,74)(H4,49,50,51)/t25-,29-,30-,31-,32-,33-,34-,39-/m0/s1. The number of rotatable bonds is 34. The van der Waals surface area contributed by atoms with Crippen molar-refractivity contribution in [1.82, 2.24) is 37.2 Å². The van der Waals surface area contributed by atoms with E-state index in [9.17, 15) is 73.2 Å². The molecule has 27 nitrogen and oxygen atoms in total. The van der Waals surface area contributed by atoms with E-state index in [0.717, 1.165) is 0 Å². The predicted octanol–water partition coefficient (Wildman–Crippen LogP) is -2.69. The molecular formula is C47H67N11O16. The van der Waals surface area contributed by atoms with Crippen molar-refractivity contribution in [2.75, 3.05) is 13.1 Å². The van der Waals surface area contributed by atoms with Gasteiger partial charge in [0.15, 0.2) is 5.96 Å². The van der Waals surface area contributed by atoms with Crippen LogP contribution in [0.15, 0.2) is 59.6 Å². The zero-order valence-corrected chi connectivity index (χ0v) is 40.9. The van der Waals surface area contributed by atoms with Gasteiger partial charge in [-0.3, -0.25) is 52.9 Å². The number of nitrogens with zero attached hydrogens (tertiary/aromatic N) is 1. The first-order valence-electron chi connectivity index (χ1n) is 23.5. The maximum Gasteiger partial charge on any atom is 0.326 e. The Balaban J connectivity index is 2.37. The SMILES string of the molecule is CC[C@H](C)[C@H](NC(=O)[C@H](CCC(=O)O)NC(=O)[C@@H](N)CCC(=O)O)C(=O)N[C@@H](Cc1ccc(O)cc1)C(=O)NCC(=O)N[C@@H](CCC(=O)O)C(=O)N[C@@H](Cc1ccccc1)C(=O)N[C@@H](CCCN=C(N)N)C(=O)O. The van der Waals surface area contributed by atoms with Crippen molar-refractivity contribution < 1.29 is 78.3 Å². The van der Waals surface area contributed by atoms with E-state index in [-0.39, 0.29) is 56.8 Å². The molecule has 0 aliphatic rings. The molecule has 0 saturated heterocycles. The lowest BCUT2D eigenvalue weighted by atomic mass is 9.96. The molecule has 0 unspecified atom stereocenters. The van der Waals surface area contributed by atoms with E-state index in [2.05, 4.69) is 42.2 Å². The number of carboxylic acids is 4. The number of carboxylic acid groups (broad SMARTS) is 4. The van der Waals surface area contributed by atoms with E-state index in [1.807, 2.05) is 0 Å². The van der Waals surface area contributed by atoms with Gasteiger partial charge >= 0.3 is 23.9 Å². The van der Waals surface area contributed by atoms with E-state index in [0.29, 0.717) is 11.1 Å². The zero-order chi connectivity index (χ0) is 55.5. The van der Waals surface area contributed by atoms with E-state index < -0.39 is 152 Å². The van der Waals surface area contributed by atoms with Gasteiger partial charge in [-0.05, 0) is 61.3 Å². The number of hydrogen-bond acceptors (Lipinski definition) is 14. The molecule has 74 heavy (non-hydrogen) atoms. The summed E-state index contributed by atoms with van der Waals surface area (Å²) in [4.78, 5) is 145. The number of nitrogens with two attached hydrogens (primary N) is 3. The van der Waals surface area contributed by atoms with E-state index in [1.54, 1.807) is 44.2 Å². The number of aliphatic carboxylic acids is 4. The van der Waals surface area contributed by atoms with Crippen molar-refractivity contribution in [2.45, 2.75) is 127 Å². The fourth-order valence-electron chi connectivity index (χ4n) is 6.96. The van der Waals surface area contributed by atoms with Crippen molar-refractivity contribution in [1.29, 1.82) is 0 Å². The molecule has 0 radical (unpaired) electrons. The minimum atomic E-state index is -1.63. The van der Waals surface area contributed by atoms with Crippen LogP contribution in [-0.2, 0) is 65.6 Å². The Hall–Kier alpha value is -8.36. The van der Waals surface area contributed by atoms with Crippen LogP contribution in [0.4, 0.5) is 0 Å². The minimum absolute atomic E-state index is 0.0596. The Morgan fingerprint density at radius 3 is 1.57 bits per heavy atom. The maximum atomic E-state index is 14.1. The monoisotopic (exact) mass is 1040 g/mol. The zero-order valence-electron chi connectivity index (χ0n) is 40.9. The molecule has 0 aliphatic heterocycles. The Morgan fingerprint density at radius 2 is 1.03 bits per heavy atom. The number of guanidine groups is 1. The summed E-state index contributed by atoms with van der Waals surface area (Å²) < 4.78 is 0. The van der Waals surface area contributed by atoms with E-state index in [4.69, 9.17) is 22.3 Å². The average molecular weight is 1040 g/mol. The van der Waals surface area contributed by atoms with Crippen molar-refractivity contribution >= 4 is 71.2 Å². The van der Waals surface area contributed by atoms with Gasteiger partial charge < -0.3 is 80.0 Å². The van der Waals surface area contributed by atoms with Crippen LogP contribution in [0.1, 0.15) is 82.8 Å². The molecule has 2 aromatic carbocycles. The van der Waals surface area contributed by atoms with Gasteiger partial charge in [-0.25, -0.2) is 4.79 Å². The number of amides is 7. The number of benzene rings is 2. The summed E-state index contributed by atoms with van der Waals surface area (Å²) in [7, 11) is 0. The molecule has 0 bridgehead atoms. The summed E-state index contributed by atoms with van der Waals surface area (Å²) in [6.07, 6.45) is -3.14. The summed E-state index contributed by atoms with van der Waals surface area (Å²) in [6, 6.07) is 3.36. The van der Waals surface area contributed by atoms with Crippen LogP contribution in [0.25, 0.3) is 0 Å². The van der Waals surface area contributed by atoms with Gasteiger partial charge in [0.25, 0.3) is 0 Å². The Bertz CT molecular complexity index is 2300. The maximum absolute atomic E-state index is 14.1. The summed E-state index contributed by atoms with van der Waals surface area (Å²) in [5.74, 6) is -13.2. The number of hydrogen-bond donors (Lipinski definition) is 15. The number of aromatic hydroxyl groups is 1. The summed E-state index contributed by atoms with van der Waals surface area (Å²) in [6.45, 7) is 2.45. The number of carbonyl (C=O) groups is 11. The first-order valence-corrected chi connectivity index (χ1v) is 23.5. The van der Waals surface area contributed by atoms with Crippen LogP contribution < -0.4 is 54.4 Å². The van der Waals surface area contributed by atoms with Crippen molar-refractivity contribution in [3.63, 3.8) is 0 Å². The van der Waals surface area contributed by atoms with Crippen LogP contribution in [0, 0.1) is 5.92 Å². The van der Waals surface area contributed by atoms with Crippen LogP contribution in [0.2, 0.25) is 0 Å². The highest BCUT2D eigenvalue weighted by Gasteiger charge is 2.35. The molecule has 18 N–H and O–H groups in total. The predicted molar refractivity (Wildman–Crippen MR) is 262 cm³/mol. The number of phenols is 1. The second-order valence-electron chi connectivity index (χ2n) is 17.2. The summed E-state index contributed by atoms with van der Waals surface area (Å²) >= 11 is 0. The van der Waals surface area contributed by atoms with Gasteiger partial charge in [-0.2, -0.15) is 0 Å². The largest absolute Gasteiger partial charge is 0.508 e. The first-order chi connectivity index (χ1) is 34.9. The number of phenolic OH excluding ortho intramolecular Hbond substituents is 1. The van der Waals surface area contributed by atoms with Gasteiger partial charge in [0.1, 0.15) is 42.0 Å². The molecule has 2 aromatic rings. The fraction of sp³-hybridized carbons (Fsp3) is 0.489. The second-order valence-corrected chi connectivity index (χ2v) is 17.2. The first kappa shape index (κ1) is 61.8. The third-order valence-electron chi connectivity index (χ3n) is 11.3. The van der Waals surface area contributed by atoms with Gasteiger partial charge in [0.05, 0.1) is 12.6 Å². The highest BCUT2D eigenvalue weighted by Crippen LogP contribution is 2.15. The lowest BCUT2D eigenvalue weighted by molar-refractivity contribution is -0.142. The van der Waals surface area contributed by atoms with E-state index >= 15 is 0 Å². The molecule has 7 amide bonds. The lowest BCUT2D eigenvalue weighted by Crippen LogP contribution is -2.60. The highest BCUT2D eigenvalue weighted by molar-refractivity contribution is 5.97. The smallest absolute Gasteiger partial charge is 0.326 e. The number of aliphatic imine (C=N–C) groups is 1. The quantitative estimate of drug-likeness (QED) is 0.0193. The normalized spacial score (nSPS) is 14.0. The van der Waals surface area contributed by atoms with Gasteiger partial charge in [-0.15, -0.1) is 0 Å². The van der Waals surface area contributed by atoms with Gasteiger partial charge in [-0.1, -0.05) is 62.7 Å². The van der Waals surface area contributed by atoms with Crippen LogP contribution in [-0.4, -0.2) is 152 Å². The number of carbonyl (C=O) groups excluding carboxylic acids is 7. The average Bonchev–Trinajstić information content (AvgIpc) is 3.34. The molecule has 406 valence electrons. The molecular weight excluding hydrogens is 975 g/mol. The van der Waals surface area contributed by atoms with Crippen molar-refractivity contribution in [2.24, 2.45) is 28.1 Å². The van der Waals surface area contributed by atoms with Gasteiger partial charge in [0, 0.05) is 38.6 Å². The van der Waals surface area contributed by atoms with Crippen LogP contribution in [0.5, 0.6) is 5.75 Å². The molecule has 0 aromatic heterocycles. The number of nitrogens with one attached hydrogen (secondary N) is 7. The van der Waals surface area contributed by atoms with Crippen LogP contribution >= 0.6 is 0 Å². The lowest BCUT2D eigenvalue weighted by Gasteiger charge is -2.28.